The van der Waals surface area contributed by atoms with E-state index in [1.807, 2.05) is 44.2 Å². The SMILES string of the molecule is CC1(C)N=C(SCC(=O)Nc2cccc(Cl)c2)c2ccccc2N1. The number of anilines is 2. The van der Waals surface area contributed by atoms with E-state index < -0.39 is 0 Å². The van der Waals surface area contributed by atoms with Crippen LogP contribution >= 0.6 is 23.4 Å². The molecule has 0 aliphatic carbocycles. The van der Waals surface area contributed by atoms with Gasteiger partial charge in [-0.05, 0) is 38.1 Å². The molecule has 0 aromatic heterocycles. The minimum absolute atomic E-state index is 0.0845. The summed E-state index contributed by atoms with van der Waals surface area (Å²) in [6.45, 7) is 4.02. The third kappa shape index (κ3) is 4.10. The van der Waals surface area contributed by atoms with E-state index in [2.05, 4.69) is 10.6 Å². The molecule has 0 atom stereocenters. The fraction of sp³-hybridized carbons (Fsp3) is 0.222. The number of hydrogen-bond donors (Lipinski definition) is 2. The van der Waals surface area contributed by atoms with Gasteiger partial charge in [0.2, 0.25) is 5.91 Å². The van der Waals surface area contributed by atoms with Gasteiger partial charge in [-0.2, -0.15) is 0 Å². The van der Waals surface area contributed by atoms with Crippen LogP contribution in [0.15, 0.2) is 53.5 Å². The number of aliphatic imine (C=N–C) groups is 1. The lowest BCUT2D eigenvalue weighted by Crippen LogP contribution is -2.34. The number of nitrogens with one attached hydrogen (secondary N) is 2. The first-order valence-corrected chi connectivity index (χ1v) is 8.95. The number of fused-ring (bicyclic) bond motifs is 1. The van der Waals surface area contributed by atoms with Crippen molar-refractivity contribution in [3.05, 3.63) is 59.1 Å². The summed E-state index contributed by atoms with van der Waals surface area (Å²) in [5.41, 5.74) is 2.37. The Morgan fingerprint density at radius 3 is 2.83 bits per heavy atom. The first-order chi connectivity index (χ1) is 11.4. The van der Waals surface area contributed by atoms with Crippen molar-refractivity contribution < 1.29 is 4.79 Å². The molecule has 2 aromatic carbocycles. The number of carbonyl (C=O) groups excluding carboxylic acids is 1. The molecule has 2 aromatic rings. The van der Waals surface area contributed by atoms with E-state index in [4.69, 9.17) is 16.6 Å². The van der Waals surface area contributed by atoms with Gasteiger partial charge in [0.05, 0.1) is 5.75 Å². The summed E-state index contributed by atoms with van der Waals surface area (Å²) >= 11 is 7.37. The minimum atomic E-state index is -0.389. The molecule has 24 heavy (non-hydrogen) atoms. The molecular formula is C18H18ClN3OS. The van der Waals surface area contributed by atoms with Gasteiger partial charge in [-0.3, -0.25) is 9.79 Å². The second kappa shape index (κ2) is 6.87. The third-order valence-corrected chi connectivity index (χ3v) is 4.65. The summed E-state index contributed by atoms with van der Waals surface area (Å²) in [6, 6.07) is 15.1. The molecule has 0 unspecified atom stereocenters. The normalized spacial score (nSPS) is 15.0. The highest BCUT2D eigenvalue weighted by Crippen LogP contribution is 2.31. The van der Waals surface area contributed by atoms with Crippen molar-refractivity contribution in [1.29, 1.82) is 0 Å². The van der Waals surface area contributed by atoms with Gasteiger partial charge in [0.1, 0.15) is 10.7 Å². The summed E-state index contributed by atoms with van der Waals surface area (Å²) in [4.78, 5) is 16.9. The second-order valence-corrected chi connectivity index (χ2v) is 7.39. The molecule has 124 valence electrons. The van der Waals surface area contributed by atoms with Crippen LogP contribution in [0.2, 0.25) is 5.02 Å². The largest absolute Gasteiger partial charge is 0.361 e. The van der Waals surface area contributed by atoms with Crippen LogP contribution in [0.5, 0.6) is 0 Å². The Balaban J connectivity index is 1.69. The van der Waals surface area contributed by atoms with Gasteiger partial charge in [-0.25, -0.2) is 0 Å². The van der Waals surface area contributed by atoms with Crippen molar-refractivity contribution in [1.82, 2.24) is 0 Å². The molecule has 0 saturated heterocycles. The molecule has 1 amide bonds. The maximum absolute atomic E-state index is 12.2. The van der Waals surface area contributed by atoms with Crippen LogP contribution in [0.1, 0.15) is 19.4 Å². The first kappa shape index (κ1) is 16.9. The van der Waals surface area contributed by atoms with Gasteiger partial charge in [-0.1, -0.05) is 47.6 Å². The average Bonchev–Trinajstić information content (AvgIpc) is 2.51. The Bertz CT molecular complexity index is 804. The quantitative estimate of drug-likeness (QED) is 0.840. The summed E-state index contributed by atoms with van der Waals surface area (Å²) in [5, 5.41) is 7.70. The van der Waals surface area contributed by atoms with E-state index in [1.54, 1.807) is 18.2 Å². The zero-order chi connectivity index (χ0) is 17.2. The molecule has 1 aliphatic heterocycles. The Morgan fingerprint density at radius 1 is 1.25 bits per heavy atom. The van der Waals surface area contributed by atoms with Crippen molar-refractivity contribution in [3.63, 3.8) is 0 Å². The Hall–Kier alpha value is -1.98. The molecule has 1 heterocycles. The number of rotatable bonds is 3. The molecule has 4 nitrogen and oxygen atoms in total. The van der Waals surface area contributed by atoms with Crippen molar-refractivity contribution in [2.24, 2.45) is 4.99 Å². The van der Waals surface area contributed by atoms with Crippen LogP contribution < -0.4 is 10.6 Å². The number of para-hydroxylation sites is 1. The number of hydrogen-bond acceptors (Lipinski definition) is 4. The van der Waals surface area contributed by atoms with Crippen LogP contribution in [0.4, 0.5) is 11.4 Å². The lowest BCUT2D eigenvalue weighted by Gasteiger charge is -2.30. The van der Waals surface area contributed by atoms with E-state index in [-0.39, 0.29) is 17.3 Å². The van der Waals surface area contributed by atoms with Crippen molar-refractivity contribution in [3.8, 4) is 0 Å². The average molecular weight is 360 g/mol. The van der Waals surface area contributed by atoms with Crippen LogP contribution in [0.3, 0.4) is 0 Å². The van der Waals surface area contributed by atoms with Crippen LogP contribution in [-0.2, 0) is 4.79 Å². The Labute approximate surface area is 150 Å². The predicted molar refractivity (Wildman–Crippen MR) is 103 cm³/mol. The number of amides is 1. The van der Waals surface area contributed by atoms with Crippen LogP contribution in [0.25, 0.3) is 0 Å². The summed E-state index contributed by atoms with van der Waals surface area (Å²) < 4.78 is 0. The fourth-order valence-electron chi connectivity index (χ4n) is 2.46. The second-order valence-electron chi connectivity index (χ2n) is 5.99. The Morgan fingerprint density at radius 2 is 2.04 bits per heavy atom. The summed E-state index contributed by atoms with van der Waals surface area (Å²) in [7, 11) is 0. The predicted octanol–water partition coefficient (Wildman–Crippen LogP) is 4.62. The number of benzene rings is 2. The van der Waals surface area contributed by atoms with Crippen molar-refractivity contribution in [2.75, 3.05) is 16.4 Å². The van der Waals surface area contributed by atoms with E-state index >= 15 is 0 Å². The molecule has 3 rings (SSSR count). The van der Waals surface area contributed by atoms with Gasteiger partial charge >= 0.3 is 0 Å². The molecule has 6 heteroatoms. The molecular weight excluding hydrogens is 342 g/mol. The maximum Gasteiger partial charge on any atom is 0.234 e. The monoisotopic (exact) mass is 359 g/mol. The highest BCUT2D eigenvalue weighted by Gasteiger charge is 2.25. The molecule has 0 saturated carbocycles. The number of nitrogens with zero attached hydrogens (tertiary/aromatic N) is 1. The smallest absolute Gasteiger partial charge is 0.234 e. The molecule has 0 spiro atoms. The highest BCUT2D eigenvalue weighted by molar-refractivity contribution is 8.15. The third-order valence-electron chi connectivity index (χ3n) is 3.43. The summed E-state index contributed by atoms with van der Waals surface area (Å²) in [5.74, 6) is 0.203. The fourth-order valence-corrected chi connectivity index (χ4v) is 3.61. The lowest BCUT2D eigenvalue weighted by atomic mass is 10.1. The molecule has 0 bridgehead atoms. The van der Waals surface area contributed by atoms with E-state index in [1.165, 1.54) is 11.8 Å². The number of carbonyl (C=O) groups is 1. The minimum Gasteiger partial charge on any atom is -0.361 e. The number of halogens is 1. The highest BCUT2D eigenvalue weighted by atomic mass is 35.5. The number of thioether (sulfide) groups is 1. The topological polar surface area (TPSA) is 53.5 Å². The van der Waals surface area contributed by atoms with E-state index in [0.717, 1.165) is 16.3 Å². The van der Waals surface area contributed by atoms with Crippen LogP contribution in [-0.4, -0.2) is 22.4 Å². The first-order valence-electron chi connectivity index (χ1n) is 7.59. The van der Waals surface area contributed by atoms with Gasteiger partial charge in [0, 0.05) is 22.0 Å². The van der Waals surface area contributed by atoms with Gasteiger partial charge in [-0.15, -0.1) is 0 Å². The zero-order valence-electron chi connectivity index (χ0n) is 13.5. The lowest BCUT2D eigenvalue weighted by molar-refractivity contribution is -0.113. The molecule has 0 fully saturated rings. The van der Waals surface area contributed by atoms with Gasteiger partial charge in [0.25, 0.3) is 0 Å². The van der Waals surface area contributed by atoms with Crippen LogP contribution in [0, 0.1) is 0 Å². The Kier molecular flexibility index (Phi) is 4.83. The maximum atomic E-state index is 12.2. The molecule has 0 radical (unpaired) electrons. The van der Waals surface area contributed by atoms with Crippen molar-refractivity contribution >= 4 is 45.7 Å². The molecule has 2 N–H and O–H groups in total. The summed E-state index contributed by atoms with van der Waals surface area (Å²) in [6.07, 6.45) is 0. The standard InChI is InChI=1S/C18H18ClN3OS/c1-18(2)21-15-9-4-3-8-14(15)17(22-18)24-11-16(23)20-13-7-5-6-12(19)10-13/h3-10,21H,11H2,1-2H3,(H,20,23). The van der Waals surface area contributed by atoms with Gasteiger partial charge in [0.15, 0.2) is 0 Å². The van der Waals surface area contributed by atoms with Gasteiger partial charge < -0.3 is 10.6 Å². The van der Waals surface area contributed by atoms with E-state index in [0.29, 0.717) is 10.7 Å². The van der Waals surface area contributed by atoms with E-state index in [9.17, 15) is 4.79 Å². The zero-order valence-corrected chi connectivity index (χ0v) is 15.0. The van der Waals surface area contributed by atoms with Crippen molar-refractivity contribution in [2.45, 2.75) is 19.5 Å². The molecule has 1 aliphatic rings.